The van der Waals surface area contributed by atoms with Gasteiger partial charge in [0.05, 0.1) is 21.5 Å². The largest absolute Gasteiger partial charge is 0.416 e. The second-order valence-corrected chi connectivity index (χ2v) is 5.52. The van der Waals surface area contributed by atoms with Gasteiger partial charge in [0.15, 0.2) is 5.69 Å². The number of piperidine rings is 1. The maximum Gasteiger partial charge on any atom is 0.416 e. The quantitative estimate of drug-likeness (QED) is 0.586. The van der Waals surface area contributed by atoms with Gasteiger partial charge in [-0.1, -0.05) is 0 Å². The smallest absolute Gasteiger partial charge is 0.378 e. The number of halogens is 3. The van der Waals surface area contributed by atoms with Gasteiger partial charge in [-0.25, -0.2) is 0 Å². The molecule has 0 atom stereocenters. The number of benzene rings is 1. The molecular formula is C14H16F3N3O5. The molecule has 0 N–H and O–H groups in total. The summed E-state index contributed by atoms with van der Waals surface area (Å²) in [5, 5.41) is 22.5. The van der Waals surface area contributed by atoms with Crippen molar-refractivity contribution in [3.05, 3.63) is 37.9 Å². The lowest BCUT2D eigenvalue weighted by Crippen LogP contribution is -2.37. The molecule has 1 heterocycles. The molecule has 0 bridgehead atoms. The third-order valence-electron chi connectivity index (χ3n) is 3.95. The zero-order valence-corrected chi connectivity index (χ0v) is 13.3. The lowest BCUT2D eigenvalue weighted by atomic mass is 10.0. The fourth-order valence-electron chi connectivity index (χ4n) is 2.85. The Morgan fingerprint density at radius 3 is 2.00 bits per heavy atom. The summed E-state index contributed by atoms with van der Waals surface area (Å²) in [7, 11) is 0. The van der Waals surface area contributed by atoms with Crippen molar-refractivity contribution in [2.75, 3.05) is 24.6 Å². The van der Waals surface area contributed by atoms with Gasteiger partial charge in [-0.2, -0.15) is 13.2 Å². The van der Waals surface area contributed by atoms with Crippen LogP contribution in [0.5, 0.6) is 0 Å². The Hall–Kier alpha value is -2.43. The Morgan fingerprint density at radius 1 is 1.16 bits per heavy atom. The minimum atomic E-state index is -4.92. The number of hydrogen-bond acceptors (Lipinski definition) is 6. The molecule has 0 saturated carbocycles. The molecule has 0 spiro atoms. The van der Waals surface area contributed by atoms with Crippen LogP contribution in [0.2, 0.25) is 0 Å². The SMILES string of the molecule is CCOC1CCN(c2c([N+](=O)[O-])cc(C(F)(F)F)cc2[N+](=O)[O-])CC1. The van der Waals surface area contributed by atoms with Crippen molar-refractivity contribution in [2.45, 2.75) is 32.0 Å². The Morgan fingerprint density at radius 2 is 1.64 bits per heavy atom. The molecule has 1 aliphatic rings. The van der Waals surface area contributed by atoms with Gasteiger partial charge >= 0.3 is 6.18 Å². The van der Waals surface area contributed by atoms with Crippen molar-refractivity contribution in [1.82, 2.24) is 0 Å². The van der Waals surface area contributed by atoms with Gasteiger partial charge in [0, 0.05) is 31.8 Å². The van der Waals surface area contributed by atoms with Gasteiger partial charge in [-0.15, -0.1) is 0 Å². The van der Waals surface area contributed by atoms with E-state index in [1.54, 1.807) is 0 Å². The van der Waals surface area contributed by atoms with Gasteiger partial charge in [0.25, 0.3) is 11.4 Å². The zero-order valence-electron chi connectivity index (χ0n) is 13.3. The molecule has 1 fully saturated rings. The van der Waals surface area contributed by atoms with Crippen molar-refractivity contribution in [2.24, 2.45) is 0 Å². The first-order valence-electron chi connectivity index (χ1n) is 7.55. The van der Waals surface area contributed by atoms with E-state index in [9.17, 15) is 33.4 Å². The molecule has 0 amide bonds. The highest BCUT2D eigenvalue weighted by Crippen LogP contribution is 2.43. The van der Waals surface area contributed by atoms with E-state index in [1.807, 2.05) is 6.92 Å². The first-order chi connectivity index (χ1) is 11.6. The van der Waals surface area contributed by atoms with Crippen LogP contribution >= 0.6 is 0 Å². The summed E-state index contributed by atoms with van der Waals surface area (Å²) in [5.74, 6) is 0. The molecule has 1 aliphatic heterocycles. The highest BCUT2D eigenvalue weighted by molar-refractivity contribution is 5.76. The normalized spacial score (nSPS) is 16.1. The van der Waals surface area contributed by atoms with Crippen LogP contribution < -0.4 is 4.90 Å². The molecule has 0 unspecified atom stereocenters. The van der Waals surface area contributed by atoms with E-state index in [0.29, 0.717) is 31.6 Å². The number of nitrogens with zero attached hydrogens (tertiary/aromatic N) is 3. The van der Waals surface area contributed by atoms with Crippen LogP contribution in [0, 0.1) is 20.2 Å². The van der Waals surface area contributed by atoms with Crippen LogP contribution in [0.4, 0.5) is 30.2 Å². The predicted octanol–water partition coefficient (Wildman–Crippen LogP) is 3.53. The van der Waals surface area contributed by atoms with E-state index in [1.165, 1.54) is 4.90 Å². The molecule has 138 valence electrons. The highest BCUT2D eigenvalue weighted by Gasteiger charge is 2.39. The summed E-state index contributed by atoms with van der Waals surface area (Å²) < 4.78 is 44.2. The molecule has 1 aromatic carbocycles. The van der Waals surface area contributed by atoms with E-state index < -0.39 is 38.6 Å². The number of ether oxygens (including phenoxy) is 1. The minimum Gasteiger partial charge on any atom is -0.378 e. The number of nitro benzene ring substituents is 2. The molecule has 0 aromatic heterocycles. The van der Waals surface area contributed by atoms with Gasteiger partial charge in [0.1, 0.15) is 0 Å². The lowest BCUT2D eigenvalue weighted by Gasteiger charge is -2.32. The molecule has 0 aliphatic carbocycles. The molecule has 2 rings (SSSR count). The monoisotopic (exact) mass is 363 g/mol. The summed E-state index contributed by atoms with van der Waals surface area (Å²) in [6, 6.07) is 0.688. The second kappa shape index (κ2) is 7.21. The first kappa shape index (κ1) is 18.9. The van der Waals surface area contributed by atoms with Crippen LogP contribution in [-0.2, 0) is 10.9 Å². The number of nitro groups is 2. The third-order valence-corrected chi connectivity index (χ3v) is 3.95. The zero-order chi connectivity index (χ0) is 18.8. The van der Waals surface area contributed by atoms with E-state index in [4.69, 9.17) is 4.74 Å². The van der Waals surface area contributed by atoms with Crippen molar-refractivity contribution in [3.8, 4) is 0 Å². The Kier molecular flexibility index (Phi) is 5.45. The van der Waals surface area contributed by atoms with Crippen molar-refractivity contribution < 1.29 is 27.8 Å². The maximum atomic E-state index is 12.9. The van der Waals surface area contributed by atoms with Crippen LogP contribution in [0.1, 0.15) is 25.3 Å². The van der Waals surface area contributed by atoms with Crippen LogP contribution in [0.15, 0.2) is 12.1 Å². The fourth-order valence-corrected chi connectivity index (χ4v) is 2.85. The average molecular weight is 363 g/mol. The van der Waals surface area contributed by atoms with Crippen molar-refractivity contribution in [3.63, 3.8) is 0 Å². The van der Waals surface area contributed by atoms with Crippen LogP contribution in [0.25, 0.3) is 0 Å². The third kappa shape index (κ3) is 4.16. The van der Waals surface area contributed by atoms with E-state index >= 15 is 0 Å². The van der Waals surface area contributed by atoms with Gasteiger partial charge in [0.2, 0.25) is 0 Å². The number of hydrogen-bond donors (Lipinski definition) is 0. The summed E-state index contributed by atoms with van der Waals surface area (Å²) >= 11 is 0. The van der Waals surface area contributed by atoms with E-state index in [2.05, 4.69) is 0 Å². The molecule has 11 heteroatoms. The maximum absolute atomic E-state index is 12.9. The van der Waals surface area contributed by atoms with E-state index in [-0.39, 0.29) is 19.2 Å². The molecule has 25 heavy (non-hydrogen) atoms. The fraction of sp³-hybridized carbons (Fsp3) is 0.571. The summed E-state index contributed by atoms with van der Waals surface area (Å²) in [4.78, 5) is 21.8. The summed E-state index contributed by atoms with van der Waals surface area (Å²) in [5.41, 5.74) is -3.65. The summed E-state index contributed by atoms with van der Waals surface area (Å²) in [6.07, 6.45) is -4.05. The van der Waals surface area contributed by atoms with Gasteiger partial charge in [-0.3, -0.25) is 20.2 Å². The Balaban J connectivity index is 2.49. The first-order valence-corrected chi connectivity index (χ1v) is 7.55. The average Bonchev–Trinajstić information content (AvgIpc) is 2.53. The highest BCUT2D eigenvalue weighted by atomic mass is 19.4. The van der Waals surface area contributed by atoms with E-state index in [0.717, 1.165) is 0 Å². The number of rotatable bonds is 5. The topological polar surface area (TPSA) is 98.8 Å². The molecular weight excluding hydrogens is 347 g/mol. The summed E-state index contributed by atoms with van der Waals surface area (Å²) in [6.45, 7) is 2.75. The van der Waals surface area contributed by atoms with Crippen molar-refractivity contribution in [1.29, 1.82) is 0 Å². The van der Waals surface area contributed by atoms with Gasteiger partial charge in [-0.05, 0) is 19.8 Å². The molecule has 0 radical (unpaired) electrons. The lowest BCUT2D eigenvalue weighted by molar-refractivity contribution is -0.393. The number of alkyl halides is 3. The minimum absolute atomic E-state index is 0.0752. The predicted molar refractivity (Wildman–Crippen MR) is 81.6 cm³/mol. The van der Waals surface area contributed by atoms with Crippen molar-refractivity contribution >= 4 is 17.1 Å². The Labute approximate surface area is 140 Å². The molecule has 1 aromatic rings. The molecule has 8 nitrogen and oxygen atoms in total. The molecule has 1 saturated heterocycles. The van der Waals surface area contributed by atoms with Crippen LogP contribution in [0.3, 0.4) is 0 Å². The van der Waals surface area contributed by atoms with Crippen LogP contribution in [-0.4, -0.2) is 35.6 Å². The van der Waals surface area contributed by atoms with Gasteiger partial charge < -0.3 is 9.64 Å². The Bertz CT molecular complexity index is 637. The second-order valence-electron chi connectivity index (χ2n) is 5.52. The number of anilines is 1. The standard InChI is InChI=1S/C14H16F3N3O5/c1-2-25-10-3-5-18(6-4-10)13-11(19(21)22)7-9(14(15,16)17)8-12(13)20(23)24/h7-8,10H,2-6H2,1H3.